The van der Waals surface area contributed by atoms with Gasteiger partial charge in [-0.05, 0) is 44.4 Å². The van der Waals surface area contributed by atoms with Gasteiger partial charge >= 0.3 is 23.9 Å². The summed E-state index contributed by atoms with van der Waals surface area (Å²) >= 11 is 0. The van der Waals surface area contributed by atoms with Crippen molar-refractivity contribution in [2.24, 2.45) is 16.7 Å². The van der Waals surface area contributed by atoms with E-state index in [0.29, 0.717) is 52.1 Å². The first-order chi connectivity index (χ1) is 33.1. The first-order valence-corrected chi connectivity index (χ1v) is 28.1. The molecule has 0 bridgehead atoms. The van der Waals surface area contributed by atoms with Crippen LogP contribution in [0.4, 0.5) is 0 Å². The van der Waals surface area contributed by atoms with E-state index < -0.39 is 22.8 Å². The van der Waals surface area contributed by atoms with Crippen LogP contribution in [0.1, 0.15) is 253 Å². The lowest BCUT2D eigenvalue weighted by Crippen LogP contribution is -2.38. The Morgan fingerprint density at radius 2 is 0.706 bits per heavy atom. The molecule has 0 saturated carbocycles. The number of hydrogen-bond acceptors (Lipinski definition) is 10. The molecule has 0 saturated heterocycles. The third-order valence-corrected chi connectivity index (χ3v) is 13.9. The fourth-order valence-electron chi connectivity index (χ4n) is 8.49. The Bertz CT molecular complexity index is 1240. The Morgan fingerprint density at radius 3 is 1.03 bits per heavy atom. The molecular weight excluding hydrogens is 857 g/mol. The van der Waals surface area contributed by atoms with E-state index in [1.165, 1.54) is 128 Å². The van der Waals surface area contributed by atoms with Gasteiger partial charge in [0.15, 0.2) is 0 Å². The molecule has 3 unspecified atom stereocenters. The second kappa shape index (κ2) is 46.7. The van der Waals surface area contributed by atoms with E-state index >= 15 is 0 Å². The van der Waals surface area contributed by atoms with Gasteiger partial charge in [-0.3, -0.25) is 9.59 Å². The lowest BCUT2D eigenvalue weighted by atomic mass is 9.88. The fourth-order valence-corrected chi connectivity index (χ4v) is 8.49. The summed E-state index contributed by atoms with van der Waals surface area (Å²) in [7, 11) is 0. The van der Waals surface area contributed by atoms with Gasteiger partial charge < -0.3 is 28.4 Å². The summed E-state index contributed by atoms with van der Waals surface area (Å²) in [6.07, 6.45) is 40.0. The van der Waals surface area contributed by atoms with Gasteiger partial charge in [0.2, 0.25) is 0 Å². The van der Waals surface area contributed by atoms with E-state index in [1.54, 1.807) is 0 Å². The number of esters is 4. The molecule has 0 heterocycles. The van der Waals surface area contributed by atoms with Crippen LogP contribution < -0.4 is 0 Å². The van der Waals surface area contributed by atoms with Gasteiger partial charge in [0.1, 0.15) is 26.4 Å². The van der Waals surface area contributed by atoms with Crippen molar-refractivity contribution < 1.29 is 47.6 Å². The third kappa shape index (κ3) is 38.1. The van der Waals surface area contributed by atoms with Gasteiger partial charge in [0.25, 0.3) is 0 Å². The highest BCUT2D eigenvalue weighted by Crippen LogP contribution is 2.27. The summed E-state index contributed by atoms with van der Waals surface area (Å²) in [5.74, 6) is -0.601. The maximum absolute atomic E-state index is 12.8. The number of unbranched alkanes of at least 4 members (excludes halogenated alkanes) is 23. The summed E-state index contributed by atoms with van der Waals surface area (Å²) < 4.78 is 34.5. The minimum absolute atomic E-state index is 0.135. The molecule has 0 N–H and O–H groups in total. The van der Waals surface area contributed by atoms with E-state index in [-0.39, 0.29) is 38.4 Å². The average molecular weight is 963 g/mol. The smallest absolute Gasteiger partial charge is 0.330 e. The minimum atomic E-state index is -0.568. The molecule has 0 aromatic carbocycles. The van der Waals surface area contributed by atoms with Crippen LogP contribution in [-0.4, -0.2) is 76.7 Å². The molecule has 0 aromatic heterocycles. The molecule has 0 aromatic rings. The quantitative estimate of drug-likeness (QED) is 0.0252. The lowest BCUT2D eigenvalue weighted by molar-refractivity contribution is -0.157. The van der Waals surface area contributed by atoms with Crippen LogP contribution in [0.15, 0.2) is 25.3 Å². The lowest BCUT2D eigenvalue weighted by Gasteiger charge is -2.31. The molecule has 398 valence electrons. The van der Waals surface area contributed by atoms with Gasteiger partial charge in [0.05, 0.1) is 24.0 Å². The summed E-state index contributed by atoms with van der Waals surface area (Å²) in [4.78, 5) is 49.2. The van der Waals surface area contributed by atoms with Gasteiger partial charge in [0, 0.05) is 38.2 Å². The standard InChI is InChI=1S/C58H106O10/c1-8-15-17-19-21-26-32-38-44-63-46-57(13-6,48-65-53(59)11-4)50-67-55(61)42-36-29-25-23-24-28-34-40-52(10-3)41-35-30-31-37-43-56(62)68-51-58(14-7,49-66-54(60)12-5)47-64-45-39-33-27-22-20-18-16-9-2/h11-12,52H,4-5,8-10,13-51H2,1-3,6-7H3. The molecule has 0 radical (unpaired) electrons. The first kappa shape index (κ1) is 65.3. The highest BCUT2D eigenvalue weighted by Gasteiger charge is 2.34. The van der Waals surface area contributed by atoms with Crippen molar-refractivity contribution in [3.05, 3.63) is 25.3 Å². The van der Waals surface area contributed by atoms with Gasteiger partial charge in [-0.15, -0.1) is 0 Å². The van der Waals surface area contributed by atoms with E-state index in [9.17, 15) is 19.2 Å². The van der Waals surface area contributed by atoms with Crippen LogP contribution in [-0.2, 0) is 47.6 Å². The normalized spacial score (nSPS) is 13.5. The maximum Gasteiger partial charge on any atom is 0.330 e. The molecular formula is C58H106O10. The monoisotopic (exact) mass is 963 g/mol. The minimum Gasteiger partial charge on any atom is -0.465 e. The fraction of sp³-hybridized carbons (Fsp3) is 0.862. The van der Waals surface area contributed by atoms with E-state index in [1.807, 2.05) is 13.8 Å². The number of ether oxygens (including phenoxy) is 6. The van der Waals surface area contributed by atoms with E-state index in [0.717, 1.165) is 82.3 Å². The molecule has 0 aliphatic rings. The summed E-state index contributed by atoms with van der Waals surface area (Å²) in [6.45, 7) is 20.5. The predicted molar refractivity (Wildman–Crippen MR) is 280 cm³/mol. The Morgan fingerprint density at radius 1 is 0.397 bits per heavy atom. The molecule has 10 nitrogen and oxygen atoms in total. The third-order valence-electron chi connectivity index (χ3n) is 13.9. The Hall–Kier alpha value is -2.72. The Balaban J connectivity index is 4.29. The van der Waals surface area contributed by atoms with E-state index in [2.05, 4.69) is 33.9 Å². The van der Waals surface area contributed by atoms with E-state index in [4.69, 9.17) is 28.4 Å². The predicted octanol–water partition coefficient (Wildman–Crippen LogP) is 15.5. The number of carbonyl (C=O) groups excluding carboxylic acids is 4. The molecule has 0 rings (SSSR count). The van der Waals surface area contributed by atoms with Crippen molar-refractivity contribution in [1.82, 2.24) is 0 Å². The topological polar surface area (TPSA) is 124 Å². The Kier molecular flexibility index (Phi) is 44.8. The van der Waals surface area contributed by atoms with Gasteiger partial charge in [-0.25, -0.2) is 9.59 Å². The van der Waals surface area contributed by atoms with Gasteiger partial charge in [-0.1, -0.05) is 215 Å². The zero-order valence-corrected chi connectivity index (χ0v) is 44.9. The SMILES string of the molecule is C=CC(=O)OCC(CC)(COCCCCCCCCCC)COC(=O)CCCCCCCCCC(CC)CCCCCCC(=O)OCC(CC)(COCCCCCCCCCC)COC(=O)C=C. The Labute approximate surface area is 417 Å². The number of rotatable bonds is 52. The van der Waals surface area contributed by atoms with Crippen LogP contribution in [0.3, 0.4) is 0 Å². The molecule has 0 spiro atoms. The molecule has 10 heteroatoms. The summed E-state index contributed by atoms with van der Waals surface area (Å²) in [5, 5.41) is 0. The molecule has 3 atom stereocenters. The van der Waals surface area contributed by atoms with Crippen molar-refractivity contribution in [2.75, 3.05) is 52.9 Å². The molecule has 0 fully saturated rings. The zero-order chi connectivity index (χ0) is 50.2. The highest BCUT2D eigenvalue weighted by molar-refractivity contribution is 5.81. The molecule has 0 aliphatic carbocycles. The van der Waals surface area contributed by atoms with Crippen LogP contribution >= 0.6 is 0 Å². The maximum atomic E-state index is 12.8. The zero-order valence-electron chi connectivity index (χ0n) is 44.9. The highest BCUT2D eigenvalue weighted by atomic mass is 16.6. The van der Waals surface area contributed by atoms with Crippen molar-refractivity contribution in [3.63, 3.8) is 0 Å². The summed E-state index contributed by atoms with van der Waals surface area (Å²) in [6, 6.07) is 0. The first-order valence-electron chi connectivity index (χ1n) is 28.1. The summed E-state index contributed by atoms with van der Waals surface area (Å²) in [5.41, 5.74) is -1.13. The van der Waals surface area contributed by atoms with Crippen LogP contribution in [0.5, 0.6) is 0 Å². The number of carbonyl (C=O) groups is 4. The van der Waals surface area contributed by atoms with Gasteiger partial charge in [-0.2, -0.15) is 0 Å². The van der Waals surface area contributed by atoms with Crippen molar-refractivity contribution >= 4 is 23.9 Å². The van der Waals surface area contributed by atoms with Crippen molar-refractivity contribution in [3.8, 4) is 0 Å². The molecule has 68 heavy (non-hydrogen) atoms. The largest absolute Gasteiger partial charge is 0.465 e. The average Bonchev–Trinajstić information content (AvgIpc) is 3.35. The van der Waals surface area contributed by atoms with Crippen LogP contribution in [0.2, 0.25) is 0 Å². The second-order valence-electron chi connectivity index (χ2n) is 19.9. The molecule has 0 amide bonds. The second-order valence-corrected chi connectivity index (χ2v) is 19.9. The van der Waals surface area contributed by atoms with Crippen LogP contribution in [0.25, 0.3) is 0 Å². The van der Waals surface area contributed by atoms with Crippen molar-refractivity contribution in [2.45, 2.75) is 253 Å². The molecule has 0 aliphatic heterocycles. The van der Waals surface area contributed by atoms with Crippen LogP contribution in [0, 0.1) is 16.7 Å². The number of hydrogen-bond donors (Lipinski definition) is 0. The van der Waals surface area contributed by atoms with Crippen molar-refractivity contribution in [1.29, 1.82) is 0 Å².